The molecule has 1 saturated heterocycles. The number of hydrogen-bond acceptors (Lipinski definition) is 3. The smallest absolute Gasteiger partial charge is 0.0707 e. The van der Waals surface area contributed by atoms with Crippen LogP contribution in [0.1, 0.15) is 65.2 Å². The Hall–Kier alpha value is -0.120. The third kappa shape index (κ3) is 5.05. The molecule has 2 aliphatic rings. The molecule has 1 aliphatic heterocycles. The fourth-order valence-corrected chi connectivity index (χ4v) is 3.38. The average Bonchev–Trinajstić information content (AvgIpc) is 2.39. The van der Waals surface area contributed by atoms with Crippen LogP contribution in [0.5, 0.6) is 0 Å². The Bertz CT molecular complexity index is 244. The molecule has 3 heteroatoms. The van der Waals surface area contributed by atoms with Gasteiger partial charge in [-0.3, -0.25) is 0 Å². The van der Waals surface area contributed by atoms with Crippen LogP contribution in [0.25, 0.3) is 0 Å². The molecule has 1 saturated carbocycles. The lowest BCUT2D eigenvalue weighted by Crippen LogP contribution is -2.44. The van der Waals surface area contributed by atoms with E-state index < -0.39 is 0 Å². The maximum atomic E-state index is 6.10. The second-order valence-electron chi connectivity index (χ2n) is 6.54. The van der Waals surface area contributed by atoms with Gasteiger partial charge in [-0.15, -0.1) is 0 Å². The average molecular weight is 269 g/mol. The summed E-state index contributed by atoms with van der Waals surface area (Å²) in [6, 6.07) is 0.577. The molecule has 1 unspecified atom stereocenters. The molecular formula is C16H31NO2. The van der Waals surface area contributed by atoms with Gasteiger partial charge < -0.3 is 14.8 Å². The summed E-state index contributed by atoms with van der Waals surface area (Å²) >= 11 is 0. The van der Waals surface area contributed by atoms with Crippen molar-refractivity contribution >= 4 is 0 Å². The predicted octanol–water partition coefficient (Wildman–Crippen LogP) is 3.27. The van der Waals surface area contributed by atoms with E-state index >= 15 is 0 Å². The third-order valence-electron chi connectivity index (χ3n) is 4.44. The third-order valence-corrected chi connectivity index (χ3v) is 4.44. The van der Waals surface area contributed by atoms with Gasteiger partial charge in [0.1, 0.15) is 0 Å². The molecule has 0 aromatic rings. The SMILES string of the molecule is CC(C)NCCCOC1CCOC2(CCCCC2)C1. The molecule has 1 N–H and O–H groups in total. The molecule has 112 valence electrons. The van der Waals surface area contributed by atoms with Crippen LogP contribution in [-0.2, 0) is 9.47 Å². The molecule has 2 rings (SSSR count). The molecule has 2 fully saturated rings. The van der Waals surface area contributed by atoms with Crippen molar-refractivity contribution in [1.82, 2.24) is 5.32 Å². The first kappa shape index (κ1) is 15.3. The summed E-state index contributed by atoms with van der Waals surface area (Å²) in [5.41, 5.74) is 0.178. The number of nitrogens with one attached hydrogen (secondary N) is 1. The van der Waals surface area contributed by atoms with Gasteiger partial charge in [-0.2, -0.15) is 0 Å². The van der Waals surface area contributed by atoms with E-state index in [0.717, 1.165) is 39.0 Å². The highest BCUT2D eigenvalue weighted by Gasteiger charge is 2.38. The zero-order chi connectivity index (χ0) is 13.6. The van der Waals surface area contributed by atoms with Gasteiger partial charge in [0.2, 0.25) is 0 Å². The van der Waals surface area contributed by atoms with E-state index in [1.54, 1.807) is 0 Å². The molecule has 1 aliphatic carbocycles. The largest absolute Gasteiger partial charge is 0.378 e. The minimum atomic E-state index is 0.178. The molecule has 0 radical (unpaired) electrons. The van der Waals surface area contributed by atoms with E-state index in [-0.39, 0.29) is 5.60 Å². The summed E-state index contributed by atoms with van der Waals surface area (Å²) in [5, 5.41) is 3.44. The fraction of sp³-hybridized carbons (Fsp3) is 1.00. The van der Waals surface area contributed by atoms with E-state index in [0.29, 0.717) is 12.1 Å². The summed E-state index contributed by atoms with van der Waals surface area (Å²) in [7, 11) is 0. The summed E-state index contributed by atoms with van der Waals surface area (Å²) < 4.78 is 12.2. The van der Waals surface area contributed by atoms with E-state index in [9.17, 15) is 0 Å². The van der Waals surface area contributed by atoms with Crippen molar-refractivity contribution in [2.75, 3.05) is 19.8 Å². The maximum absolute atomic E-state index is 6.10. The van der Waals surface area contributed by atoms with Gasteiger partial charge >= 0.3 is 0 Å². The minimum absolute atomic E-state index is 0.178. The second kappa shape index (κ2) is 7.61. The number of hydrogen-bond donors (Lipinski definition) is 1. The van der Waals surface area contributed by atoms with E-state index in [4.69, 9.17) is 9.47 Å². The Labute approximate surface area is 118 Å². The lowest BCUT2D eigenvalue weighted by molar-refractivity contribution is -0.148. The Balaban J connectivity index is 1.64. The first-order valence-electron chi connectivity index (χ1n) is 8.19. The Kier molecular flexibility index (Phi) is 6.11. The standard InChI is InChI=1S/C16H31NO2/c1-14(2)17-10-6-11-18-15-7-12-19-16(13-15)8-4-3-5-9-16/h14-15,17H,3-13H2,1-2H3. The molecule has 19 heavy (non-hydrogen) atoms. The van der Waals surface area contributed by atoms with Gasteiger partial charge in [0.15, 0.2) is 0 Å². The number of rotatable bonds is 6. The van der Waals surface area contributed by atoms with Crippen molar-refractivity contribution in [2.24, 2.45) is 0 Å². The topological polar surface area (TPSA) is 30.5 Å². The maximum Gasteiger partial charge on any atom is 0.0707 e. The van der Waals surface area contributed by atoms with Gasteiger partial charge in [0.05, 0.1) is 11.7 Å². The monoisotopic (exact) mass is 269 g/mol. The van der Waals surface area contributed by atoms with Crippen molar-refractivity contribution < 1.29 is 9.47 Å². The van der Waals surface area contributed by atoms with Crippen LogP contribution in [0.15, 0.2) is 0 Å². The summed E-state index contributed by atoms with van der Waals surface area (Å²) in [6.07, 6.45) is 10.3. The van der Waals surface area contributed by atoms with Gasteiger partial charge in [-0.25, -0.2) is 0 Å². The van der Waals surface area contributed by atoms with Crippen LogP contribution in [0.3, 0.4) is 0 Å². The summed E-state index contributed by atoms with van der Waals surface area (Å²) in [4.78, 5) is 0. The minimum Gasteiger partial charge on any atom is -0.378 e. The molecule has 1 heterocycles. The van der Waals surface area contributed by atoms with Gasteiger partial charge in [-0.1, -0.05) is 33.1 Å². The van der Waals surface area contributed by atoms with Crippen LogP contribution in [0.2, 0.25) is 0 Å². The Morgan fingerprint density at radius 1 is 1.26 bits per heavy atom. The van der Waals surface area contributed by atoms with Crippen molar-refractivity contribution in [2.45, 2.75) is 83.0 Å². The normalized spacial score (nSPS) is 27.0. The number of ether oxygens (including phenoxy) is 2. The molecule has 0 amide bonds. The molecule has 0 aromatic carbocycles. The molecule has 1 atom stereocenters. The van der Waals surface area contributed by atoms with Crippen LogP contribution in [0.4, 0.5) is 0 Å². The summed E-state index contributed by atoms with van der Waals surface area (Å²) in [5.74, 6) is 0. The zero-order valence-corrected chi connectivity index (χ0v) is 12.7. The van der Waals surface area contributed by atoms with Crippen LogP contribution >= 0.6 is 0 Å². The van der Waals surface area contributed by atoms with Crippen molar-refractivity contribution in [1.29, 1.82) is 0 Å². The quantitative estimate of drug-likeness (QED) is 0.751. The first-order chi connectivity index (χ1) is 9.20. The zero-order valence-electron chi connectivity index (χ0n) is 12.7. The van der Waals surface area contributed by atoms with Gasteiger partial charge in [0.25, 0.3) is 0 Å². The lowest BCUT2D eigenvalue weighted by Gasteiger charge is -2.43. The van der Waals surface area contributed by atoms with E-state index in [2.05, 4.69) is 19.2 Å². The lowest BCUT2D eigenvalue weighted by atomic mass is 9.79. The first-order valence-corrected chi connectivity index (χ1v) is 8.19. The Morgan fingerprint density at radius 2 is 2.05 bits per heavy atom. The van der Waals surface area contributed by atoms with Gasteiger partial charge in [-0.05, 0) is 32.2 Å². The summed E-state index contributed by atoms with van der Waals surface area (Å²) in [6.45, 7) is 7.22. The molecule has 0 aromatic heterocycles. The highest BCUT2D eigenvalue weighted by molar-refractivity contribution is 4.90. The van der Waals surface area contributed by atoms with Crippen LogP contribution < -0.4 is 5.32 Å². The predicted molar refractivity (Wildman–Crippen MR) is 78.5 cm³/mol. The highest BCUT2D eigenvalue weighted by Crippen LogP contribution is 2.39. The molecule has 1 spiro atoms. The van der Waals surface area contributed by atoms with E-state index in [1.807, 2.05) is 0 Å². The second-order valence-corrected chi connectivity index (χ2v) is 6.54. The molecule has 0 bridgehead atoms. The highest BCUT2D eigenvalue weighted by atomic mass is 16.5. The Morgan fingerprint density at radius 3 is 2.79 bits per heavy atom. The fourth-order valence-electron chi connectivity index (χ4n) is 3.38. The molecular weight excluding hydrogens is 238 g/mol. The van der Waals surface area contributed by atoms with Crippen molar-refractivity contribution in [3.8, 4) is 0 Å². The van der Waals surface area contributed by atoms with Crippen molar-refractivity contribution in [3.05, 3.63) is 0 Å². The van der Waals surface area contributed by atoms with Crippen LogP contribution in [-0.4, -0.2) is 37.5 Å². The van der Waals surface area contributed by atoms with Gasteiger partial charge in [0, 0.05) is 25.7 Å². The molecule has 3 nitrogen and oxygen atoms in total. The van der Waals surface area contributed by atoms with E-state index in [1.165, 1.54) is 32.1 Å². The van der Waals surface area contributed by atoms with Crippen molar-refractivity contribution in [3.63, 3.8) is 0 Å². The van der Waals surface area contributed by atoms with Crippen LogP contribution in [0, 0.1) is 0 Å².